The summed E-state index contributed by atoms with van der Waals surface area (Å²) in [4.78, 5) is 5.84. The predicted molar refractivity (Wildman–Crippen MR) is 50.4 cm³/mol. The lowest BCUT2D eigenvalue weighted by molar-refractivity contribution is 0.298. The molecule has 0 radical (unpaired) electrons. The molecule has 0 bridgehead atoms. The van der Waals surface area contributed by atoms with Gasteiger partial charge in [0.05, 0.1) is 6.61 Å². The van der Waals surface area contributed by atoms with Gasteiger partial charge in [-0.05, 0) is 13.8 Å². The summed E-state index contributed by atoms with van der Waals surface area (Å²) >= 11 is 0. The van der Waals surface area contributed by atoms with Crippen LogP contribution in [0, 0.1) is 0 Å². The molecule has 0 aliphatic carbocycles. The maximum atomic E-state index is 8.82. The Kier molecular flexibility index (Phi) is 3.07. The number of aromatic amines is 1. The van der Waals surface area contributed by atoms with Crippen molar-refractivity contribution in [2.24, 2.45) is 0 Å². The molecule has 0 spiro atoms. The molecular formula is C7H15N5O. The van der Waals surface area contributed by atoms with Gasteiger partial charge in [-0.15, -0.1) is 5.10 Å². The van der Waals surface area contributed by atoms with Gasteiger partial charge in [-0.25, -0.2) is 5.10 Å². The second kappa shape index (κ2) is 4.08. The molecule has 1 rings (SSSR count). The van der Waals surface area contributed by atoms with Gasteiger partial charge in [-0.1, -0.05) is 0 Å². The van der Waals surface area contributed by atoms with E-state index in [1.54, 1.807) is 0 Å². The molecule has 1 heterocycles. The smallest absolute Gasteiger partial charge is 0.246 e. The third-order valence-corrected chi connectivity index (χ3v) is 1.71. The summed E-state index contributed by atoms with van der Waals surface area (Å²) in [5, 5.41) is 15.3. The molecule has 13 heavy (non-hydrogen) atoms. The van der Waals surface area contributed by atoms with E-state index in [9.17, 15) is 0 Å². The lowest BCUT2D eigenvalue weighted by Gasteiger charge is -2.23. The molecule has 4 N–H and O–H groups in total. The SMILES string of the molecule is CC(C)N(CCO)c1n[nH]c(N)n1. The van der Waals surface area contributed by atoms with Crippen LogP contribution in [0.25, 0.3) is 0 Å². The van der Waals surface area contributed by atoms with Crippen LogP contribution in [-0.2, 0) is 0 Å². The fraction of sp³-hybridized carbons (Fsp3) is 0.714. The standard InChI is InChI=1S/C7H15N5O/c1-5(2)12(3-4-13)7-9-6(8)10-11-7/h5,13H,3-4H2,1-2H3,(H3,8,9,10,11). The number of aliphatic hydroxyl groups excluding tert-OH is 1. The Morgan fingerprint density at radius 2 is 2.31 bits per heavy atom. The van der Waals surface area contributed by atoms with Gasteiger partial charge in [0, 0.05) is 12.6 Å². The summed E-state index contributed by atoms with van der Waals surface area (Å²) in [7, 11) is 0. The van der Waals surface area contributed by atoms with Crippen molar-refractivity contribution in [3.8, 4) is 0 Å². The molecule has 74 valence electrons. The van der Waals surface area contributed by atoms with Crippen molar-refractivity contribution in [1.82, 2.24) is 15.2 Å². The Labute approximate surface area is 76.8 Å². The Morgan fingerprint density at radius 1 is 1.62 bits per heavy atom. The number of H-pyrrole nitrogens is 1. The van der Waals surface area contributed by atoms with E-state index >= 15 is 0 Å². The van der Waals surface area contributed by atoms with Crippen LogP contribution in [-0.4, -0.2) is 39.5 Å². The van der Waals surface area contributed by atoms with Crippen molar-refractivity contribution >= 4 is 11.9 Å². The number of hydrogen-bond donors (Lipinski definition) is 3. The second-order valence-electron chi connectivity index (χ2n) is 3.03. The van der Waals surface area contributed by atoms with Crippen LogP contribution >= 0.6 is 0 Å². The number of hydrogen-bond acceptors (Lipinski definition) is 5. The van der Waals surface area contributed by atoms with E-state index in [1.807, 2.05) is 18.7 Å². The topological polar surface area (TPSA) is 91.1 Å². The molecule has 6 heteroatoms. The van der Waals surface area contributed by atoms with Gasteiger partial charge in [-0.2, -0.15) is 4.98 Å². The van der Waals surface area contributed by atoms with Crippen molar-refractivity contribution in [3.63, 3.8) is 0 Å². The van der Waals surface area contributed by atoms with Crippen molar-refractivity contribution in [2.45, 2.75) is 19.9 Å². The highest BCUT2D eigenvalue weighted by Gasteiger charge is 2.13. The normalized spacial score (nSPS) is 10.8. The number of nitrogens with one attached hydrogen (secondary N) is 1. The van der Waals surface area contributed by atoms with Crippen molar-refractivity contribution in [1.29, 1.82) is 0 Å². The first kappa shape index (κ1) is 9.79. The van der Waals surface area contributed by atoms with E-state index in [0.717, 1.165) is 0 Å². The lowest BCUT2D eigenvalue weighted by Crippen LogP contribution is -2.34. The van der Waals surface area contributed by atoms with E-state index in [4.69, 9.17) is 10.8 Å². The molecule has 1 aromatic rings. The minimum atomic E-state index is 0.0760. The number of nitrogens with two attached hydrogens (primary N) is 1. The third kappa shape index (κ3) is 2.32. The summed E-state index contributed by atoms with van der Waals surface area (Å²) in [6, 6.07) is 0.238. The maximum absolute atomic E-state index is 8.82. The molecule has 6 nitrogen and oxygen atoms in total. The van der Waals surface area contributed by atoms with E-state index in [0.29, 0.717) is 18.4 Å². The minimum absolute atomic E-state index is 0.0760. The largest absolute Gasteiger partial charge is 0.395 e. The fourth-order valence-electron chi connectivity index (χ4n) is 1.09. The van der Waals surface area contributed by atoms with Crippen LogP contribution in [0.3, 0.4) is 0 Å². The minimum Gasteiger partial charge on any atom is -0.395 e. The van der Waals surface area contributed by atoms with Crippen LogP contribution in [0.4, 0.5) is 11.9 Å². The Hall–Kier alpha value is -1.30. The molecule has 0 aliphatic heterocycles. The number of aromatic nitrogens is 3. The lowest BCUT2D eigenvalue weighted by atomic mass is 10.3. The van der Waals surface area contributed by atoms with E-state index in [1.165, 1.54) is 0 Å². The highest BCUT2D eigenvalue weighted by molar-refractivity contribution is 5.34. The van der Waals surface area contributed by atoms with Crippen molar-refractivity contribution in [2.75, 3.05) is 23.8 Å². The summed E-state index contributed by atoms with van der Waals surface area (Å²) in [6.07, 6.45) is 0. The molecule has 0 fully saturated rings. The van der Waals surface area contributed by atoms with Crippen LogP contribution in [0.15, 0.2) is 0 Å². The number of nitrogens with zero attached hydrogens (tertiary/aromatic N) is 3. The molecule has 0 amide bonds. The van der Waals surface area contributed by atoms with Gasteiger partial charge in [0.15, 0.2) is 0 Å². The van der Waals surface area contributed by atoms with Gasteiger partial charge < -0.3 is 15.7 Å². The van der Waals surface area contributed by atoms with E-state index in [2.05, 4.69) is 15.2 Å². The molecular weight excluding hydrogens is 170 g/mol. The average molecular weight is 185 g/mol. The molecule has 0 saturated carbocycles. The van der Waals surface area contributed by atoms with Gasteiger partial charge in [0.1, 0.15) is 0 Å². The molecule has 0 unspecified atom stereocenters. The van der Waals surface area contributed by atoms with E-state index < -0.39 is 0 Å². The first-order chi connectivity index (χ1) is 6.15. The highest BCUT2D eigenvalue weighted by atomic mass is 16.3. The van der Waals surface area contributed by atoms with Crippen LogP contribution in [0.5, 0.6) is 0 Å². The van der Waals surface area contributed by atoms with Crippen LogP contribution in [0.1, 0.15) is 13.8 Å². The second-order valence-corrected chi connectivity index (χ2v) is 3.03. The zero-order chi connectivity index (χ0) is 9.84. The third-order valence-electron chi connectivity index (χ3n) is 1.71. The molecule has 0 saturated heterocycles. The number of aliphatic hydroxyl groups is 1. The fourth-order valence-corrected chi connectivity index (χ4v) is 1.09. The molecule has 0 aliphatic rings. The van der Waals surface area contributed by atoms with Crippen LogP contribution < -0.4 is 10.6 Å². The highest BCUT2D eigenvalue weighted by Crippen LogP contribution is 2.10. The Morgan fingerprint density at radius 3 is 2.69 bits per heavy atom. The van der Waals surface area contributed by atoms with Crippen LogP contribution in [0.2, 0.25) is 0 Å². The zero-order valence-electron chi connectivity index (χ0n) is 7.86. The van der Waals surface area contributed by atoms with Crippen molar-refractivity contribution < 1.29 is 5.11 Å². The summed E-state index contributed by atoms with van der Waals surface area (Å²) in [6.45, 7) is 4.59. The number of rotatable bonds is 4. The molecule has 0 atom stereocenters. The monoisotopic (exact) mass is 185 g/mol. The van der Waals surface area contributed by atoms with Gasteiger partial charge >= 0.3 is 0 Å². The van der Waals surface area contributed by atoms with Gasteiger partial charge in [0.25, 0.3) is 0 Å². The summed E-state index contributed by atoms with van der Waals surface area (Å²) < 4.78 is 0. The van der Waals surface area contributed by atoms with Gasteiger partial charge in [0.2, 0.25) is 11.9 Å². The molecule has 0 aromatic carbocycles. The maximum Gasteiger partial charge on any atom is 0.246 e. The predicted octanol–water partition coefficient (Wildman–Crippen LogP) is -0.406. The van der Waals surface area contributed by atoms with Gasteiger partial charge in [-0.3, -0.25) is 0 Å². The number of anilines is 2. The number of nitrogen functional groups attached to an aromatic ring is 1. The first-order valence-electron chi connectivity index (χ1n) is 4.20. The first-order valence-corrected chi connectivity index (χ1v) is 4.20. The Balaban J connectivity index is 2.75. The quantitative estimate of drug-likeness (QED) is 0.593. The summed E-state index contributed by atoms with van der Waals surface area (Å²) in [5.41, 5.74) is 5.39. The average Bonchev–Trinajstić information content (AvgIpc) is 2.46. The van der Waals surface area contributed by atoms with E-state index in [-0.39, 0.29) is 12.6 Å². The van der Waals surface area contributed by atoms with Crippen molar-refractivity contribution in [3.05, 3.63) is 0 Å². The Bertz CT molecular complexity index is 259. The zero-order valence-corrected chi connectivity index (χ0v) is 7.86. The summed E-state index contributed by atoms with van der Waals surface area (Å²) in [5.74, 6) is 0.820. The molecule has 1 aromatic heterocycles.